The Labute approximate surface area is 478 Å². The molecule has 2 aromatic rings. The van der Waals surface area contributed by atoms with Crippen molar-refractivity contribution in [1.82, 2.24) is 19.4 Å². The Morgan fingerprint density at radius 1 is 0.787 bits per heavy atom. The smallest absolute Gasteiger partial charge is 0.410 e. The van der Waals surface area contributed by atoms with Gasteiger partial charge in [0.2, 0.25) is 0 Å². The number of ketones is 1. The van der Waals surface area contributed by atoms with Gasteiger partial charge < -0.3 is 29.5 Å². The Balaban J connectivity index is 0.000000153. The van der Waals surface area contributed by atoms with Gasteiger partial charge in [-0.15, -0.1) is 0 Å². The van der Waals surface area contributed by atoms with Crippen molar-refractivity contribution < 1.29 is 37.3 Å². The summed E-state index contributed by atoms with van der Waals surface area (Å²) in [6.45, 7) is 21.2. The molecule has 2 N–H and O–H groups in total. The van der Waals surface area contributed by atoms with Gasteiger partial charge in [0.15, 0.2) is 5.78 Å². The van der Waals surface area contributed by atoms with Crippen LogP contribution in [0, 0.1) is 81.8 Å². The second kappa shape index (κ2) is 20.2. The number of likely N-dealkylation sites (tertiary alicyclic amines) is 1. The number of carbonyl (C=O) groups excluding carboxylic acids is 2. The molecule has 14 rings (SSSR count). The number of benzene rings is 1. The average Bonchev–Trinajstić information content (AvgIpc) is 3.21. The van der Waals surface area contributed by atoms with Crippen LogP contribution < -0.4 is 5.32 Å². The van der Waals surface area contributed by atoms with E-state index in [0.717, 1.165) is 101 Å². The number of nitrogens with one attached hydrogen (secondary N) is 1. The largest absolute Gasteiger partial charge is 0.515 e. The highest BCUT2D eigenvalue weighted by atomic mass is 32.2. The Hall–Kier alpha value is -3.78. The van der Waals surface area contributed by atoms with E-state index in [1.165, 1.54) is 66.4 Å². The lowest BCUT2D eigenvalue weighted by Gasteiger charge is -2.52. The zero-order chi connectivity index (χ0) is 56.0. The van der Waals surface area contributed by atoms with Gasteiger partial charge in [0.05, 0.1) is 47.7 Å². The summed E-state index contributed by atoms with van der Waals surface area (Å²) >= 11 is 0. The number of allylic oxidation sites excluding steroid dienone is 3. The number of aliphatic hydroxyl groups excluding tert-OH is 1. The van der Waals surface area contributed by atoms with E-state index in [1.54, 1.807) is 16.7 Å². The first-order valence-corrected chi connectivity index (χ1v) is 33.5. The standard InChI is InChI=1S/C37H49NO5.C30H45N3O3S/c1-22-14-33-34(38(19-22)35(41)42-21-25-8-6-5-7-9-25)24(3)37(43-33)13-12-28-29-11-10-27-15-32(40)26(20-39)18-36(27,4)31(29)16-30(28)23(2)17-37;1-17-10-27-28(31-15-17)19(3)30(36-27)9-8-22-23-7-6-21-11-26-20(16-33(32-26)37(5,34)35)14-29(21,4)25(23)12-24(22)18(2)13-30/h5-9,20,22,24,27-29,31,33-34,39H,10-19,21H2,1-4H3;16-17,19,21-23,25,27-28,31H,6-15H2,1-5H3/b26-20-;/t22-,24+,27+,28-,29-,31-,33+,34-,36-,37-;17-,19+,21+,22-,23-,25-,27+,28-,29-,30-/m00/s1. The molecule has 13 heteroatoms. The highest BCUT2D eigenvalue weighted by Crippen LogP contribution is 2.67. The number of fused-ring (bicyclic) bond motifs is 13. The zero-order valence-electron chi connectivity index (χ0n) is 49.7. The lowest BCUT2D eigenvalue weighted by atomic mass is 9.51. The molecule has 4 saturated heterocycles. The minimum Gasteiger partial charge on any atom is -0.515 e. The van der Waals surface area contributed by atoms with E-state index in [9.17, 15) is 23.1 Å². The van der Waals surface area contributed by atoms with E-state index in [1.807, 2.05) is 41.4 Å². The first kappa shape index (κ1) is 55.4. The summed E-state index contributed by atoms with van der Waals surface area (Å²) in [5.41, 5.74) is 10.4. The Morgan fingerprint density at radius 2 is 1.39 bits per heavy atom. The second-order valence-corrected chi connectivity index (χ2v) is 31.5. The van der Waals surface area contributed by atoms with Gasteiger partial charge in [-0.2, -0.15) is 9.19 Å². The summed E-state index contributed by atoms with van der Waals surface area (Å²) < 4.78 is 45.6. The predicted molar refractivity (Wildman–Crippen MR) is 310 cm³/mol. The monoisotopic (exact) mass is 1110 g/mol. The third-order valence-corrected chi connectivity index (χ3v) is 26.2. The van der Waals surface area contributed by atoms with Crippen LogP contribution in [-0.2, 0) is 48.5 Å². The van der Waals surface area contributed by atoms with Crippen molar-refractivity contribution in [1.29, 1.82) is 0 Å². The van der Waals surface area contributed by atoms with Crippen molar-refractivity contribution >= 4 is 21.9 Å². The number of hydrogen-bond donors (Lipinski definition) is 2. The van der Waals surface area contributed by atoms with E-state index < -0.39 is 10.0 Å². The molecule has 9 fully saturated rings. The normalized spacial score (nSPS) is 45.0. The molecule has 5 saturated carbocycles. The van der Waals surface area contributed by atoms with Crippen molar-refractivity contribution in [3.8, 4) is 0 Å². The highest BCUT2D eigenvalue weighted by molar-refractivity contribution is 7.89. The van der Waals surface area contributed by atoms with Crippen LogP contribution >= 0.6 is 0 Å². The minimum atomic E-state index is -3.34. The fourth-order valence-electron chi connectivity index (χ4n) is 21.2. The molecule has 20 atom stereocenters. The lowest BCUT2D eigenvalue weighted by molar-refractivity contribution is -0.124. The molecule has 0 bridgehead atoms. The van der Waals surface area contributed by atoms with E-state index >= 15 is 0 Å². The van der Waals surface area contributed by atoms with Crippen LogP contribution in [0.5, 0.6) is 0 Å². The zero-order valence-corrected chi connectivity index (χ0v) is 50.5. The second-order valence-electron chi connectivity index (χ2n) is 29.7. The Morgan fingerprint density at radius 3 is 2.02 bits per heavy atom. The van der Waals surface area contributed by atoms with Gasteiger partial charge in [0.1, 0.15) is 6.61 Å². The first-order valence-electron chi connectivity index (χ1n) is 31.7. The Bertz CT molecular complexity index is 2990. The fourth-order valence-corrected chi connectivity index (χ4v) is 21.8. The van der Waals surface area contributed by atoms with Gasteiger partial charge in [-0.1, -0.05) is 94.2 Å². The van der Waals surface area contributed by atoms with Crippen molar-refractivity contribution in [2.24, 2.45) is 81.8 Å². The molecule has 12 nitrogen and oxygen atoms in total. The summed E-state index contributed by atoms with van der Waals surface area (Å²) in [7, 11) is -3.34. The van der Waals surface area contributed by atoms with Gasteiger partial charge in [-0.25, -0.2) is 13.2 Å². The third-order valence-electron chi connectivity index (χ3n) is 25.3. The molecule has 0 unspecified atom stereocenters. The fraction of sp³-hybridized carbons (Fsp3) is 0.746. The maximum atomic E-state index is 13.5. The van der Waals surface area contributed by atoms with Gasteiger partial charge in [-0.3, -0.25) is 4.79 Å². The molecule has 1 amide bonds. The molecule has 80 heavy (non-hydrogen) atoms. The molecular weight excluding hydrogens is 1020 g/mol. The number of piperidine rings is 2. The summed E-state index contributed by atoms with van der Waals surface area (Å²) in [5.74, 6) is 6.97. The molecule has 2 spiro atoms. The van der Waals surface area contributed by atoms with Crippen LogP contribution in [0.3, 0.4) is 0 Å². The molecule has 8 aliphatic carbocycles. The van der Waals surface area contributed by atoms with Crippen LogP contribution in [-0.4, -0.2) is 94.3 Å². The number of Topliss-reactive ketones (excluding diaryl/α,β-unsaturated/α-hetero) is 1. The average molecular weight is 1120 g/mol. The van der Waals surface area contributed by atoms with E-state index in [-0.39, 0.29) is 52.0 Å². The predicted octanol–water partition coefficient (Wildman–Crippen LogP) is 12.5. The van der Waals surface area contributed by atoms with E-state index in [2.05, 4.69) is 65.8 Å². The van der Waals surface area contributed by atoms with Crippen molar-refractivity contribution in [3.05, 3.63) is 87.5 Å². The van der Waals surface area contributed by atoms with Crippen molar-refractivity contribution in [2.45, 2.75) is 213 Å². The molecule has 5 heterocycles. The molecular formula is C67H94N4O8S. The van der Waals surface area contributed by atoms with Crippen LogP contribution in [0.4, 0.5) is 4.79 Å². The number of amides is 1. The number of ether oxygens (including phenoxy) is 3. The summed E-state index contributed by atoms with van der Waals surface area (Å²) in [4.78, 5) is 28.2. The highest BCUT2D eigenvalue weighted by Gasteiger charge is 2.63. The number of rotatable bonds is 3. The quantitative estimate of drug-likeness (QED) is 0.173. The van der Waals surface area contributed by atoms with Gasteiger partial charge in [0, 0.05) is 42.6 Å². The molecule has 1 aromatic heterocycles. The lowest BCUT2D eigenvalue weighted by Crippen LogP contribution is -2.54. The molecule has 12 aliphatic rings. The van der Waals surface area contributed by atoms with E-state index in [0.29, 0.717) is 89.9 Å². The number of aromatic nitrogens is 2. The van der Waals surface area contributed by atoms with E-state index in [4.69, 9.17) is 14.2 Å². The molecule has 0 radical (unpaired) electrons. The van der Waals surface area contributed by atoms with Gasteiger partial charge in [0.25, 0.3) is 10.0 Å². The summed E-state index contributed by atoms with van der Waals surface area (Å²) in [6.07, 6.45) is 23.6. The van der Waals surface area contributed by atoms with Gasteiger partial charge in [-0.05, 0) is 211 Å². The minimum absolute atomic E-state index is 0.00435. The summed E-state index contributed by atoms with van der Waals surface area (Å²) in [6, 6.07) is 10.5. The maximum absolute atomic E-state index is 13.5. The maximum Gasteiger partial charge on any atom is 0.410 e. The molecule has 1 aromatic carbocycles. The third kappa shape index (κ3) is 9.00. The van der Waals surface area contributed by atoms with Crippen LogP contribution in [0.25, 0.3) is 0 Å². The Kier molecular flexibility index (Phi) is 14.0. The summed E-state index contributed by atoms with van der Waals surface area (Å²) in [5, 5.41) is 18.2. The SMILES string of the molecule is CC1=C2C[C@H]3[C@@H](CC[C@@H]4CC(=O)/C(=C\O)C[C@@]43C)[C@@H]2CC[C@@]2(C1)O[C@@H]1C[C@H](C)CN(C(=O)OCc3ccccc3)[C@H]1[C@H]2C.CC1=C2C[C@H]3[C@@H](CC[C@@H]4Cc5nn(S(C)(=O)=O)cc5C[C@@]43C)[C@@H]2CC[C@@]2(C1)O[C@@H]1C[C@H](C)CN[C@H]1[C@H]2C. The number of carbonyl (C=O) groups is 2. The van der Waals surface area contributed by atoms with Gasteiger partial charge >= 0.3 is 6.09 Å². The molecule has 4 aliphatic heterocycles. The number of hydrogen-bond acceptors (Lipinski definition) is 10. The van der Waals surface area contributed by atoms with Crippen LogP contribution in [0.2, 0.25) is 0 Å². The van der Waals surface area contributed by atoms with Crippen molar-refractivity contribution in [2.75, 3.05) is 19.3 Å². The molecule has 436 valence electrons. The topological polar surface area (TPSA) is 149 Å². The number of nitrogens with zero attached hydrogens (tertiary/aromatic N) is 3. The van der Waals surface area contributed by atoms with Crippen molar-refractivity contribution in [3.63, 3.8) is 0 Å². The van der Waals surface area contributed by atoms with Crippen LogP contribution in [0.15, 0.2) is 70.7 Å². The number of aliphatic hydroxyl groups is 1. The first-order chi connectivity index (χ1) is 38.1. The van der Waals surface area contributed by atoms with Crippen LogP contribution in [0.1, 0.15) is 175 Å².